The molecule has 1 atom stereocenters. The average molecular weight is 465 g/mol. The highest BCUT2D eigenvalue weighted by Crippen LogP contribution is 2.33. The number of carbonyl (C=O) groups excluding carboxylic acids is 1. The lowest BCUT2D eigenvalue weighted by molar-refractivity contribution is 0.0956. The molecule has 0 aliphatic carbocycles. The van der Waals surface area contributed by atoms with Crippen molar-refractivity contribution in [2.24, 2.45) is 5.73 Å². The highest BCUT2D eigenvalue weighted by Gasteiger charge is 2.40. The molecule has 1 unspecified atom stereocenters. The van der Waals surface area contributed by atoms with Crippen LogP contribution < -0.4 is 15.8 Å². The summed E-state index contributed by atoms with van der Waals surface area (Å²) in [6, 6.07) is 8.02. The van der Waals surface area contributed by atoms with E-state index in [1.807, 2.05) is 0 Å². The summed E-state index contributed by atoms with van der Waals surface area (Å²) in [5.41, 5.74) is 7.65. The highest BCUT2D eigenvalue weighted by atomic mass is 32.2. The fourth-order valence-electron chi connectivity index (χ4n) is 3.22. The molecule has 3 rings (SSSR count). The monoisotopic (exact) mass is 464 g/mol. The Morgan fingerprint density at radius 3 is 2.75 bits per heavy atom. The van der Waals surface area contributed by atoms with Gasteiger partial charge in [-0.25, -0.2) is 17.8 Å². The molecule has 0 saturated heterocycles. The molecule has 1 aliphatic rings. The summed E-state index contributed by atoms with van der Waals surface area (Å²) in [7, 11) is -3.75. The van der Waals surface area contributed by atoms with Crippen LogP contribution in [0, 0.1) is 5.41 Å². The van der Waals surface area contributed by atoms with Crippen molar-refractivity contribution in [1.82, 2.24) is 4.98 Å². The van der Waals surface area contributed by atoms with Gasteiger partial charge in [-0.3, -0.25) is 10.2 Å². The van der Waals surface area contributed by atoms with E-state index in [1.54, 1.807) is 18.2 Å². The van der Waals surface area contributed by atoms with Crippen LogP contribution in [0.15, 0.2) is 36.5 Å². The van der Waals surface area contributed by atoms with E-state index >= 15 is 0 Å². The van der Waals surface area contributed by atoms with Crippen molar-refractivity contribution in [3.8, 4) is 5.75 Å². The summed E-state index contributed by atoms with van der Waals surface area (Å²) in [5, 5.41) is 10.4. The summed E-state index contributed by atoms with van der Waals surface area (Å²) in [4.78, 5) is 16.5. The number of benzene rings is 1. The van der Waals surface area contributed by atoms with Crippen LogP contribution in [0.3, 0.4) is 0 Å². The second kappa shape index (κ2) is 9.21. The quantitative estimate of drug-likeness (QED) is 0.402. The Hall–Kier alpha value is -3.05. The molecule has 0 fully saturated rings. The van der Waals surface area contributed by atoms with Crippen LogP contribution in [0.1, 0.15) is 41.4 Å². The second-order valence-corrected chi connectivity index (χ2v) is 10.5. The first-order valence-electron chi connectivity index (χ1n) is 9.78. The number of rotatable bonds is 8. The smallest absolute Gasteiger partial charge is 0.274 e. The van der Waals surface area contributed by atoms with E-state index in [9.17, 15) is 17.6 Å². The van der Waals surface area contributed by atoms with Crippen LogP contribution in [-0.4, -0.2) is 49.1 Å². The molecule has 1 aromatic heterocycles. The summed E-state index contributed by atoms with van der Waals surface area (Å²) in [6.07, 6.45) is 1.25. The van der Waals surface area contributed by atoms with Crippen LogP contribution >= 0.6 is 0 Å². The number of nitrogens with two attached hydrogens (primary N) is 1. The zero-order valence-electron chi connectivity index (χ0n) is 17.7. The Morgan fingerprint density at radius 2 is 2.12 bits per heavy atom. The lowest BCUT2D eigenvalue weighted by atomic mass is 9.94. The van der Waals surface area contributed by atoms with Gasteiger partial charge in [-0.15, -0.1) is 0 Å². The number of hydrogen-bond donors (Lipinski definition) is 3. The van der Waals surface area contributed by atoms with E-state index < -0.39 is 39.1 Å². The third kappa shape index (κ3) is 4.89. The number of halogens is 1. The van der Waals surface area contributed by atoms with Crippen molar-refractivity contribution < 1.29 is 27.1 Å². The second-order valence-electron chi connectivity index (χ2n) is 7.92. The molecule has 32 heavy (non-hydrogen) atoms. The van der Waals surface area contributed by atoms with Gasteiger partial charge < -0.3 is 20.5 Å². The Bertz CT molecular complexity index is 1120. The van der Waals surface area contributed by atoms with Gasteiger partial charge in [-0.2, -0.15) is 0 Å². The number of pyridine rings is 1. The third-order valence-electron chi connectivity index (χ3n) is 5.46. The molecule has 1 aromatic carbocycles. The molecular formula is C21H25FN4O5S. The first-order valence-corrected chi connectivity index (χ1v) is 11.4. The predicted molar refractivity (Wildman–Crippen MR) is 117 cm³/mol. The molecule has 0 radical (unpaired) electrons. The van der Waals surface area contributed by atoms with Crippen molar-refractivity contribution in [2.45, 2.75) is 31.1 Å². The Morgan fingerprint density at radius 1 is 1.38 bits per heavy atom. The van der Waals surface area contributed by atoms with Crippen LogP contribution in [0.5, 0.6) is 5.75 Å². The SMILES string of the molecule is CC(C)(C(=N)N)S(=O)(=O)CC1COCc2ccc(NC(=O)c3ccc(OCF)cn3)cc21. The van der Waals surface area contributed by atoms with Gasteiger partial charge in [0.1, 0.15) is 22.0 Å². The van der Waals surface area contributed by atoms with Crippen LogP contribution in [0.25, 0.3) is 0 Å². The predicted octanol–water partition coefficient (Wildman–Crippen LogP) is 2.38. The number of sulfone groups is 1. The van der Waals surface area contributed by atoms with E-state index in [1.165, 1.54) is 32.2 Å². The fraction of sp³-hybridized carbons (Fsp3) is 0.381. The largest absolute Gasteiger partial charge is 0.461 e. The first-order chi connectivity index (χ1) is 15.0. The van der Waals surface area contributed by atoms with Crippen molar-refractivity contribution in [3.63, 3.8) is 0 Å². The number of amides is 1. The first kappa shape index (κ1) is 23.6. The topological polar surface area (TPSA) is 144 Å². The van der Waals surface area contributed by atoms with Crippen molar-refractivity contribution in [1.29, 1.82) is 5.41 Å². The molecule has 0 bridgehead atoms. The lowest BCUT2D eigenvalue weighted by Crippen LogP contribution is -2.47. The molecule has 172 valence electrons. The van der Waals surface area contributed by atoms with Gasteiger partial charge in [0.15, 0.2) is 9.84 Å². The minimum Gasteiger partial charge on any atom is -0.461 e. The number of aromatic nitrogens is 1. The van der Waals surface area contributed by atoms with Gasteiger partial charge >= 0.3 is 0 Å². The minimum absolute atomic E-state index is 0.111. The van der Waals surface area contributed by atoms with Crippen molar-refractivity contribution in [2.75, 3.05) is 24.5 Å². The van der Waals surface area contributed by atoms with Crippen LogP contribution in [0.4, 0.5) is 10.1 Å². The van der Waals surface area contributed by atoms with Gasteiger partial charge in [0, 0.05) is 11.6 Å². The standard InChI is InChI=1S/C21H25FN4O5S/c1-21(2,20(23)24)32(28,29)11-14-10-30-9-13-3-4-15(7-17(13)14)26-19(27)18-6-5-16(8-25-18)31-12-22/h3-8,14H,9-12H2,1-2H3,(H3,23,24)(H,26,27). The van der Waals surface area contributed by atoms with E-state index in [2.05, 4.69) is 15.0 Å². The van der Waals surface area contributed by atoms with Gasteiger partial charge in [-0.1, -0.05) is 6.07 Å². The van der Waals surface area contributed by atoms with Crippen LogP contribution in [0.2, 0.25) is 0 Å². The van der Waals surface area contributed by atoms with Crippen molar-refractivity contribution in [3.05, 3.63) is 53.3 Å². The number of fused-ring (bicyclic) bond motifs is 1. The number of nitrogens with one attached hydrogen (secondary N) is 2. The average Bonchev–Trinajstić information content (AvgIpc) is 2.74. The zero-order valence-corrected chi connectivity index (χ0v) is 18.5. The number of hydrogen-bond acceptors (Lipinski definition) is 7. The Kier molecular flexibility index (Phi) is 6.79. The number of carbonyl (C=O) groups is 1. The molecule has 1 amide bonds. The molecule has 11 heteroatoms. The lowest BCUT2D eigenvalue weighted by Gasteiger charge is -2.30. The summed E-state index contributed by atoms with van der Waals surface area (Å²) in [6.45, 7) is 2.33. The number of ether oxygens (including phenoxy) is 2. The summed E-state index contributed by atoms with van der Waals surface area (Å²) < 4.78 is 46.8. The molecule has 2 heterocycles. The number of anilines is 1. The molecule has 0 spiro atoms. The molecule has 0 saturated carbocycles. The molecule has 1 aliphatic heterocycles. The van der Waals surface area contributed by atoms with Crippen molar-refractivity contribution >= 4 is 27.3 Å². The number of nitrogens with zero attached hydrogens (tertiary/aromatic N) is 1. The maximum absolute atomic E-state index is 12.9. The van der Waals surface area contributed by atoms with Crippen LogP contribution in [-0.2, 0) is 21.2 Å². The third-order valence-corrected chi connectivity index (χ3v) is 8.07. The normalized spacial score (nSPS) is 16.2. The van der Waals surface area contributed by atoms with Gasteiger partial charge in [0.05, 0.1) is 25.2 Å². The maximum Gasteiger partial charge on any atom is 0.274 e. The Labute approximate surface area is 185 Å². The Balaban J connectivity index is 1.81. The van der Waals surface area contributed by atoms with E-state index in [0.717, 1.165) is 11.1 Å². The maximum atomic E-state index is 12.9. The van der Waals surface area contributed by atoms with E-state index in [4.69, 9.17) is 15.9 Å². The summed E-state index contributed by atoms with van der Waals surface area (Å²) >= 11 is 0. The fourth-order valence-corrected chi connectivity index (χ4v) is 4.78. The molecule has 4 N–H and O–H groups in total. The van der Waals surface area contributed by atoms with E-state index in [-0.39, 0.29) is 23.8 Å². The minimum atomic E-state index is -3.75. The summed E-state index contributed by atoms with van der Waals surface area (Å²) in [5.74, 6) is -1.43. The van der Waals surface area contributed by atoms with E-state index in [0.29, 0.717) is 12.3 Å². The zero-order chi connectivity index (χ0) is 23.5. The molecular weight excluding hydrogens is 439 g/mol. The molecule has 9 nitrogen and oxygen atoms in total. The van der Waals surface area contributed by atoms with Gasteiger partial charge in [-0.05, 0) is 49.2 Å². The van der Waals surface area contributed by atoms with Gasteiger partial charge in [0.25, 0.3) is 5.91 Å². The number of amidine groups is 1. The van der Waals surface area contributed by atoms with Gasteiger partial charge in [0.2, 0.25) is 6.86 Å². The highest BCUT2D eigenvalue weighted by molar-refractivity contribution is 7.93. The number of alkyl halides is 1. The molecule has 2 aromatic rings.